The Labute approximate surface area is 137 Å². The van der Waals surface area contributed by atoms with E-state index < -0.39 is 0 Å². The number of ether oxygens (including phenoxy) is 1. The van der Waals surface area contributed by atoms with E-state index in [1.165, 1.54) is 17.4 Å². The normalized spacial score (nSPS) is 14.8. The van der Waals surface area contributed by atoms with E-state index in [4.69, 9.17) is 4.74 Å². The zero-order valence-corrected chi connectivity index (χ0v) is 13.7. The Hall–Kier alpha value is -1.57. The van der Waals surface area contributed by atoms with Crippen molar-refractivity contribution >= 4 is 40.4 Å². The summed E-state index contributed by atoms with van der Waals surface area (Å²) in [5, 5.41) is 4.82. The standard InChI is InChI=1S/C15H17N3O2S2/c19-14(11-22-15-16-5-10-21-15)17-12-1-3-13(4-2-12)18-6-8-20-9-7-18/h1-5,10H,6-9,11H2,(H,17,19). The molecule has 0 unspecified atom stereocenters. The lowest BCUT2D eigenvalue weighted by Gasteiger charge is -2.28. The fraction of sp³-hybridized carbons (Fsp3) is 0.333. The molecule has 1 fully saturated rings. The summed E-state index contributed by atoms with van der Waals surface area (Å²) in [6, 6.07) is 7.96. The first-order valence-corrected chi connectivity index (χ1v) is 8.93. The van der Waals surface area contributed by atoms with Crippen LogP contribution in [0.5, 0.6) is 0 Å². The first-order chi connectivity index (χ1) is 10.8. The molecule has 1 aliphatic heterocycles. The molecule has 0 bridgehead atoms. The highest BCUT2D eigenvalue weighted by Crippen LogP contribution is 2.21. The van der Waals surface area contributed by atoms with Crippen LogP contribution in [0.15, 0.2) is 40.2 Å². The molecule has 0 spiro atoms. The van der Waals surface area contributed by atoms with Crippen molar-refractivity contribution in [3.63, 3.8) is 0 Å². The van der Waals surface area contributed by atoms with Crippen LogP contribution in [0.2, 0.25) is 0 Å². The number of thiazole rings is 1. The maximum atomic E-state index is 11.9. The van der Waals surface area contributed by atoms with Crippen LogP contribution in [0.25, 0.3) is 0 Å². The Bertz CT molecular complexity index is 596. The second kappa shape index (κ2) is 7.62. The third-order valence-corrected chi connectivity index (χ3v) is 5.23. The van der Waals surface area contributed by atoms with Crippen molar-refractivity contribution in [2.75, 3.05) is 42.3 Å². The number of amides is 1. The van der Waals surface area contributed by atoms with E-state index in [0.717, 1.165) is 36.3 Å². The molecule has 0 radical (unpaired) electrons. The molecule has 2 heterocycles. The number of benzene rings is 1. The molecule has 22 heavy (non-hydrogen) atoms. The minimum atomic E-state index is -0.0145. The minimum absolute atomic E-state index is 0.0145. The number of hydrogen-bond acceptors (Lipinski definition) is 6. The number of rotatable bonds is 5. The molecule has 1 saturated heterocycles. The zero-order chi connectivity index (χ0) is 15.2. The lowest BCUT2D eigenvalue weighted by Crippen LogP contribution is -2.36. The summed E-state index contributed by atoms with van der Waals surface area (Å²) in [5.41, 5.74) is 1.99. The Morgan fingerprint density at radius 3 is 2.77 bits per heavy atom. The second-order valence-corrected chi connectivity index (χ2v) is 6.90. The molecular formula is C15H17N3O2S2. The molecule has 3 rings (SSSR count). The SMILES string of the molecule is O=C(CSc1nccs1)Nc1ccc(N2CCOCC2)cc1. The van der Waals surface area contributed by atoms with E-state index in [9.17, 15) is 4.79 Å². The fourth-order valence-electron chi connectivity index (χ4n) is 2.18. The third-order valence-electron chi connectivity index (χ3n) is 3.26. The molecule has 1 aliphatic rings. The van der Waals surface area contributed by atoms with Gasteiger partial charge in [0, 0.05) is 36.0 Å². The van der Waals surface area contributed by atoms with Crippen molar-refractivity contribution in [1.82, 2.24) is 4.98 Å². The number of thioether (sulfide) groups is 1. The van der Waals surface area contributed by atoms with Crippen LogP contribution >= 0.6 is 23.1 Å². The topological polar surface area (TPSA) is 54.5 Å². The summed E-state index contributed by atoms with van der Waals surface area (Å²) in [5.74, 6) is 0.359. The monoisotopic (exact) mass is 335 g/mol. The van der Waals surface area contributed by atoms with Gasteiger partial charge in [0.05, 0.1) is 19.0 Å². The average Bonchev–Trinajstić information content (AvgIpc) is 3.08. The van der Waals surface area contributed by atoms with Gasteiger partial charge in [-0.05, 0) is 24.3 Å². The Morgan fingerprint density at radius 2 is 2.09 bits per heavy atom. The maximum Gasteiger partial charge on any atom is 0.234 e. The lowest BCUT2D eigenvalue weighted by molar-refractivity contribution is -0.113. The summed E-state index contributed by atoms with van der Waals surface area (Å²) in [6.07, 6.45) is 1.75. The average molecular weight is 335 g/mol. The Kier molecular flexibility index (Phi) is 5.31. The smallest absolute Gasteiger partial charge is 0.234 e. The van der Waals surface area contributed by atoms with Crippen molar-refractivity contribution in [1.29, 1.82) is 0 Å². The highest BCUT2D eigenvalue weighted by atomic mass is 32.2. The summed E-state index contributed by atoms with van der Waals surface area (Å²) < 4.78 is 6.26. The van der Waals surface area contributed by atoms with Crippen molar-refractivity contribution in [2.45, 2.75) is 4.34 Å². The van der Waals surface area contributed by atoms with Crippen LogP contribution in [0, 0.1) is 0 Å². The molecule has 0 aliphatic carbocycles. The molecule has 116 valence electrons. The first-order valence-electron chi connectivity index (χ1n) is 7.06. The molecule has 1 aromatic heterocycles. The van der Waals surface area contributed by atoms with E-state index in [0.29, 0.717) is 5.75 Å². The van der Waals surface area contributed by atoms with Gasteiger partial charge in [0.25, 0.3) is 0 Å². The number of aromatic nitrogens is 1. The second-order valence-electron chi connectivity index (χ2n) is 4.78. The summed E-state index contributed by atoms with van der Waals surface area (Å²) >= 11 is 3.00. The predicted molar refractivity (Wildman–Crippen MR) is 90.9 cm³/mol. The molecule has 2 aromatic rings. The van der Waals surface area contributed by atoms with E-state index in [2.05, 4.69) is 15.2 Å². The number of carbonyl (C=O) groups excluding carboxylic acids is 1. The lowest BCUT2D eigenvalue weighted by atomic mass is 10.2. The molecule has 0 atom stereocenters. The molecule has 5 nitrogen and oxygen atoms in total. The van der Waals surface area contributed by atoms with Gasteiger partial charge in [-0.15, -0.1) is 11.3 Å². The van der Waals surface area contributed by atoms with Crippen LogP contribution in [0.3, 0.4) is 0 Å². The first kappa shape index (κ1) is 15.3. The van der Waals surface area contributed by atoms with Crippen molar-refractivity contribution in [2.24, 2.45) is 0 Å². The van der Waals surface area contributed by atoms with Gasteiger partial charge in [0.15, 0.2) is 0 Å². The van der Waals surface area contributed by atoms with Crippen LogP contribution in [0.1, 0.15) is 0 Å². The van der Waals surface area contributed by atoms with Crippen LogP contribution < -0.4 is 10.2 Å². The highest BCUT2D eigenvalue weighted by molar-refractivity contribution is 8.01. The Balaban J connectivity index is 1.50. The molecule has 7 heteroatoms. The van der Waals surface area contributed by atoms with E-state index >= 15 is 0 Å². The molecular weight excluding hydrogens is 318 g/mol. The predicted octanol–water partition coefficient (Wildman–Crippen LogP) is 2.71. The van der Waals surface area contributed by atoms with Gasteiger partial charge < -0.3 is 15.0 Å². The number of morpholine rings is 1. The number of carbonyl (C=O) groups is 1. The van der Waals surface area contributed by atoms with Gasteiger partial charge in [-0.1, -0.05) is 11.8 Å². The van der Waals surface area contributed by atoms with Crippen LogP contribution in [-0.4, -0.2) is 42.9 Å². The summed E-state index contributed by atoms with van der Waals surface area (Å²) in [6.45, 7) is 3.37. The van der Waals surface area contributed by atoms with Gasteiger partial charge in [0.2, 0.25) is 5.91 Å². The van der Waals surface area contributed by atoms with Gasteiger partial charge in [-0.25, -0.2) is 4.98 Å². The van der Waals surface area contributed by atoms with E-state index in [1.807, 2.05) is 29.6 Å². The van der Waals surface area contributed by atoms with Crippen molar-refractivity contribution in [3.05, 3.63) is 35.8 Å². The third kappa shape index (κ3) is 4.22. The number of hydrogen-bond donors (Lipinski definition) is 1. The van der Waals surface area contributed by atoms with Gasteiger partial charge in [-0.2, -0.15) is 0 Å². The fourth-order valence-corrected chi connectivity index (χ4v) is 3.62. The van der Waals surface area contributed by atoms with Gasteiger partial charge in [-0.3, -0.25) is 4.79 Å². The van der Waals surface area contributed by atoms with Crippen molar-refractivity contribution < 1.29 is 9.53 Å². The summed E-state index contributed by atoms with van der Waals surface area (Å²) in [4.78, 5) is 18.3. The maximum absolute atomic E-state index is 11.9. The van der Waals surface area contributed by atoms with E-state index in [1.54, 1.807) is 17.5 Å². The number of nitrogens with one attached hydrogen (secondary N) is 1. The molecule has 1 aromatic carbocycles. The molecule has 1 N–H and O–H groups in total. The highest BCUT2D eigenvalue weighted by Gasteiger charge is 2.11. The zero-order valence-electron chi connectivity index (χ0n) is 12.0. The largest absolute Gasteiger partial charge is 0.378 e. The van der Waals surface area contributed by atoms with Gasteiger partial charge >= 0.3 is 0 Å². The molecule has 1 amide bonds. The van der Waals surface area contributed by atoms with E-state index in [-0.39, 0.29) is 5.91 Å². The Morgan fingerprint density at radius 1 is 1.32 bits per heavy atom. The molecule has 0 saturated carbocycles. The van der Waals surface area contributed by atoms with Gasteiger partial charge in [0.1, 0.15) is 4.34 Å². The van der Waals surface area contributed by atoms with Crippen molar-refractivity contribution in [3.8, 4) is 0 Å². The van der Waals surface area contributed by atoms with Crippen LogP contribution in [0.4, 0.5) is 11.4 Å². The summed E-state index contributed by atoms with van der Waals surface area (Å²) in [7, 11) is 0. The quantitative estimate of drug-likeness (QED) is 0.852. The number of nitrogens with zero attached hydrogens (tertiary/aromatic N) is 2. The minimum Gasteiger partial charge on any atom is -0.378 e. The number of anilines is 2. The van der Waals surface area contributed by atoms with Crippen LogP contribution in [-0.2, 0) is 9.53 Å².